The molecule has 1 aromatic rings. The maximum Gasteiger partial charge on any atom is 0.307 e. The van der Waals surface area contributed by atoms with Crippen LogP contribution in [0.25, 0.3) is 0 Å². The normalized spacial score (nSPS) is 21.3. The van der Waals surface area contributed by atoms with Crippen molar-refractivity contribution in [3.8, 4) is 11.5 Å². The van der Waals surface area contributed by atoms with Gasteiger partial charge in [-0.1, -0.05) is 18.5 Å². The van der Waals surface area contributed by atoms with Crippen LogP contribution >= 0.6 is 11.6 Å². The van der Waals surface area contributed by atoms with Crippen molar-refractivity contribution in [3.05, 3.63) is 22.2 Å². The maximum atomic E-state index is 11.1. The number of benzene rings is 1. The fraction of sp³-hybridized carbons (Fsp3) is 0.533. The lowest BCUT2D eigenvalue weighted by Gasteiger charge is -2.20. The van der Waals surface area contributed by atoms with Crippen molar-refractivity contribution in [2.75, 3.05) is 20.8 Å². The van der Waals surface area contributed by atoms with E-state index in [1.54, 1.807) is 14.2 Å². The molecule has 0 spiro atoms. The van der Waals surface area contributed by atoms with E-state index in [2.05, 4.69) is 5.32 Å². The van der Waals surface area contributed by atoms with E-state index in [1.165, 1.54) is 0 Å². The summed E-state index contributed by atoms with van der Waals surface area (Å²) in [6, 6.07) is 1.92. The first-order valence-corrected chi connectivity index (χ1v) is 7.30. The van der Waals surface area contributed by atoms with Crippen LogP contribution in [-0.4, -0.2) is 31.8 Å². The second-order valence-electron chi connectivity index (χ2n) is 5.09. The summed E-state index contributed by atoms with van der Waals surface area (Å²) in [5.41, 5.74) is 1.88. The highest BCUT2D eigenvalue weighted by molar-refractivity contribution is 6.33. The summed E-state index contributed by atoms with van der Waals surface area (Å²) in [6.45, 7) is 2.47. The van der Waals surface area contributed by atoms with Crippen molar-refractivity contribution < 1.29 is 19.4 Å². The minimum Gasteiger partial charge on any atom is -0.495 e. The number of hydrogen-bond donors (Lipinski definition) is 2. The van der Waals surface area contributed by atoms with Crippen LogP contribution in [0.4, 0.5) is 0 Å². The molecule has 5 nitrogen and oxygen atoms in total. The van der Waals surface area contributed by atoms with Gasteiger partial charge in [0.15, 0.2) is 0 Å². The fourth-order valence-corrected chi connectivity index (χ4v) is 3.18. The van der Waals surface area contributed by atoms with Crippen LogP contribution in [0.1, 0.15) is 30.5 Å². The third-order valence-electron chi connectivity index (χ3n) is 3.93. The number of carboxylic acids is 1. The van der Waals surface area contributed by atoms with E-state index in [-0.39, 0.29) is 12.0 Å². The lowest BCUT2D eigenvalue weighted by atomic mass is 9.96. The number of rotatable bonds is 5. The molecule has 0 radical (unpaired) electrons. The molecule has 21 heavy (non-hydrogen) atoms. The monoisotopic (exact) mass is 313 g/mol. The van der Waals surface area contributed by atoms with Gasteiger partial charge in [0.1, 0.15) is 16.5 Å². The Morgan fingerprint density at radius 1 is 1.43 bits per heavy atom. The molecule has 0 bridgehead atoms. The number of aliphatic carboxylic acids is 1. The van der Waals surface area contributed by atoms with Crippen LogP contribution in [0.3, 0.4) is 0 Å². The first kappa shape index (κ1) is 15.9. The summed E-state index contributed by atoms with van der Waals surface area (Å²) in [5.74, 6) is 0.00625. The van der Waals surface area contributed by atoms with Gasteiger partial charge in [-0.15, -0.1) is 0 Å². The molecule has 0 amide bonds. The second-order valence-corrected chi connectivity index (χ2v) is 5.47. The lowest BCUT2D eigenvalue weighted by molar-refractivity contribution is -0.141. The Labute approximate surface area is 129 Å². The molecule has 0 aromatic heterocycles. The number of nitrogens with one attached hydrogen (secondary N) is 1. The lowest BCUT2D eigenvalue weighted by Crippen LogP contribution is -2.17. The van der Waals surface area contributed by atoms with Crippen LogP contribution < -0.4 is 14.8 Å². The van der Waals surface area contributed by atoms with Crippen molar-refractivity contribution in [3.63, 3.8) is 0 Å². The zero-order valence-corrected chi connectivity index (χ0v) is 13.2. The molecule has 6 heteroatoms. The van der Waals surface area contributed by atoms with Gasteiger partial charge in [0.05, 0.1) is 20.1 Å². The zero-order chi connectivity index (χ0) is 15.6. The maximum absolute atomic E-state index is 11.1. The van der Waals surface area contributed by atoms with E-state index in [9.17, 15) is 4.79 Å². The van der Waals surface area contributed by atoms with Gasteiger partial charge in [0.25, 0.3) is 0 Å². The minimum atomic E-state index is -0.778. The van der Waals surface area contributed by atoms with Crippen LogP contribution in [0.15, 0.2) is 6.07 Å². The van der Waals surface area contributed by atoms with Gasteiger partial charge >= 0.3 is 5.97 Å². The molecule has 1 aliphatic rings. The van der Waals surface area contributed by atoms with E-state index < -0.39 is 5.97 Å². The molecular weight excluding hydrogens is 294 g/mol. The van der Waals surface area contributed by atoms with Crippen molar-refractivity contribution >= 4 is 17.6 Å². The van der Waals surface area contributed by atoms with Gasteiger partial charge in [-0.05, 0) is 24.5 Å². The number of ether oxygens (including phenoxy) is 2. The number of methoxy groups -OCH3 is 2. The molecule has 1 aliphatic heterocycles. The van der Waals surface area contributed by atoms with E-state index in [0.717, 1.165) is 17.5 Å². The average Bonchev–Trinajstić information content (AvgIpc) is 2.96. The smallest absolute Gasteiger partial charge is 0.307 e. The van der Waals surface area contributed by atoms with Gasteiger partial charge in [-0.3, -0.25) is 4.79 Å². The van der Waals surface area contributed by atoms with Crippen LogP contribution in [-0.2, 0) is 11.2 Å². The van der Waals surface area contributed by atoms with Crippen molar-refractivity contribution in [2.45, 2.75) is 25.8 Å². The third kappa shape index (κ3) is 2.94. The number of aryl methyl sites for hydroxylation is 1. The molecule has 1 saturated heterocycles. The largest absolute Gasteiger partial charge is 0.495 e. The number of carboxylic acid groups (broad SMARTS) is 1. The molecule has 1 fully saturated rings. The van der Waals surface area contributed by atoms with Crippen LogP contribution in [0.2, 0.25) is 5.02 Å². The van der Waals surface area contributed by atoms with Crippen LogP contribution in [0.5, 0.6) is 11.5 Å². The average molecular weight is 314 g/mol. The minimum absolute atomic E-state index is 0.0743. The Balaban J connectivity index is 2.44. The standard InChI is InChI=1S/C15H20ClNO4/c1-4-8-5-10(11-6-9(7-17-11)15(18)19)14(21-3)12(16)13(8)20-2/h5,9,11,17H,4,6-7H2,1-3H3,(H,18,19). The first-order valence-electron chi connectivity index (χ1n) is 6.92. The molecule has 116 valence electrons. The summed E-state index contributed by atoms with van der Waals surface area (Å²) < 4.78 is 10.8. The number of halogens is 1. The summed E-state index contributed by atoms with van der Waals surface area (Å²) >= 11 is 6.38. The number of carbonyl (C=O) groups is 1. The van der Waals surface area contributed by atoms with Gasteiger partial charge < -0.3 is 19.9 Å². The summed E-state index contributed by atoms with van der Waals surface area (Å²) in [4.78, 5) is 11.1. The highest BCUT2D eigenvalue weighted by Crippen LogP contribution is 2.44. The molecule has 2 atom stereocenters. The summed E-state index contributed by atoms with van der Waals surface area (Å²) in [5, 5.41) is 12.8. The highest BCUT2D eigenvalue weighted by Gasteiger charge is 2.33. The SMILES string of the molecule is CCc1cc(C2CC(C(=O)O)CN2)c(OC)c(Cl)c1OC. The first-order chi connectivity index (χ1) is 10.0. The van der Waals surface area contributed by atoms with E-state index in [1.807, 2.05) is 13.0 Å². The molecule has 0 aliphatic carbocycles. The van der Waals surface area contributed by atoms with Crippen molar-refractivity contribution in [2.24, 2.45) is 5.92 Å². The van der Waals surface area contributed by atoms with Gasteiger partial charge in [-0.2, -0.15) is 0 Å². The Kier molecular flexibility index (Phi) is 4.96. The predicted octanol–water partition coefficient (Wildman–Crippen LogP) is 2.65. The van der Waals surface area contributed by atoms with E-state index in [4.69, 9.17) is 26.2 Å². The molecule has 1 heterocycles. The van der Waals surface area contributed by atoms with Crippen molar-refractivity contribution in [1.82, 2.24) is 5.32 Å². The Hall–Kier alpha value is -1.46. The molecule has 2 N–H and O–H groups in total. The van der Waals surface area contributed by atoms with Crippen LogP contribution in [0, 0.1) is 5.92 Å². The molecule has 2 unspecified atom stereocenters. The van der Waals surface area contributed by atoms with Gasteiger partial charge in [0.2, 0.25) is 0 Å². The summed E-state index contributed by atoms with van der Waals surface area (Å²) in [6.07, 6.45) is 1.30. The third-order valence-corrected chi connectivity index (χ3v) is 4.27. The Morgan fingerprint density at radius 2 is 2.10 bits per heavy atom. The van der Waals surface area contributed by atoms with E-state index >= 15 is 0 Å². The van der Waals surface area contributed by atoms with E-state index in [0.29, 0.717) is 29.5 Å². The highest BCUT2D eigenvalue weighted by atomic mass is 35.5. The predicted molar refractivity (Wildman–Crippen MR) is 80.4 cm³/mol. The topological polar surface area (TPSA) is 67.8 Å². The molecule has 1 aromatic carbocycles. The van der Waals surface area contributed by atoms with Crippen molar-refractivity contribution in [1.29, 1.82) is 0 Å². The summed E-state index contributed by atoms with van der Waals surface area (Å²) in [7, 11) is 3.13. The second kappa shape index (κ2) is 6.54. The number of hydrogen-bond acceptors (Lipinski definition) is 4. The van der Waals surface area contributed by atoms with Gasteiger partial charge in [-0.25, -0.2) is 0 Å². The quantitative estimate of drug-likeness (QED) is 0.874. The van der Waals surface area contributed by atoms with Gasteiger partial charge in [0, 0.05) is 18.2 Å². The Morgan fingerprint density at radius 3 is 2.57 bits per heavy atom. The fourth-order valence-electron chi connectivity index (χ4n) is 2.80. The zero-order valence-electron chi connectivity index (χ0n) is 12.4. The Bertz CT molecular complexity index is 547. The molecular formula is C15H20ClNO4. The molecule has 2 rings (SSSR count). The molecule has 0 saturated carbocycles.